The lowest BCUT2D eigenvalue weighted by Gasteiger charge is -2.12. The summed E-state index contributed by atoms with van der Waals surface area (Å²) >= 11 is 4.76. The van der Waals surface area contributed by atoms with E-state index in [1.54, 1.807) is 23.4 Å². The average molecular weight is 466 g/mol. The Morgan fingerprint density at radius 3 is 2.62 bits per heavy atom. The molecule has 4 rings (SSSR count). The van der Waals surface area contributed by atoms with Gasteiger partial charge in [0, 0.05) is 4.47 Å². The van der Waals surface area contributed by atoms with Crippen LogP contribution in [0, 0.1) is 0 Å². The van der Waals surface area contributed by atoms with Crippen LogP contribution in [0.2, 0.25) is 0 Å². The Labute approximate surface area is 181 Å². The molecule has 1 aliphatic rings. The quantitative estimate of drug-likeness (QED) is 0.282. The summed E-state index contributed by atoms with van der Waals surface area (Å²) in [6.45, 7) is 0.300. The van der Waals surface area contributed by atoms with Crippen LogP contribution < -0.4 is 0 Å². The third-order valence-electron chi connectivity index (χ3n) is 4.08. The molecule has 0 saturated carbocycles. The van der Waals surface area contributed by atoms with Crippen molar-refractivity contribution in [3.8, 4) is 0 Å². The van der Waals surface area contributed by atoms with Gasteiger partial charge in [0.1, 0.15) is 5.76 Å². The molecule has 0 bridgehead atoms. The Morgan fingerprint density at radius 2 is 1.86 bits per heavy atom. The van der Waals surface area contributed by atoms with Crippen LogP contribution in [0.5, 0.6) is 0 Å². The van der Waals surface area contributed by atoms with Gasteiger partial charge in [0.05, 0.1) is 23.9 Å². The number of benzene rings is 2. The van der Waals surface area contributed by atoms with Crippen molar-refractivity contribution in [3.05, 3.63) is 99.3 Å². The molecule has 0 aliphatic carbocycles. The van der Waals surface area contributed by atoms with E-state index in [4.69, 9.17) is 4.42 Å². The first-order chi connectivity index (χ1) is 14.2. The summed E-state index contributed by atoms with van der Waals surface area (Å²) in [7, 11) is 0. The highest BCUT2D eigenvalue weighted by Gasteiger charge is 2.34. The third kappa shape index (κ3) is 4.93. The number of rotatable bonds is 5. The molecule has 0 radical (unpaired) electrons. The fourth-order valence-corrected chi connectivity index (χ4v) is 4.06. The van der Waals surface area contributed by atoms with Gasteiger partial charge in [-0.05, 0) is 53.2 Å². The van der Waals surface area contributed by atoms with Gasteiger partial charge in [0.2, 0.25) is 0 Å². The summed E-state index contributed by atoms with van der Waals surface area (Å²) in [6, 6.07) is 21.1. The topological polar surface area (TPSA) is 58.2 Å². The molecule has 3 aromatic rings. The fraction of sp³-hybridized carbons (Fsp3) is 0.0455. The predicted octanol–water partition coefficient (Wildman–Crippen LogP) is 5.55. The molecule has 0 unspecified atom stereocenters. The number of hydrogen-bond donors (Lipinski definition) is 0. The van der Waals surface area contributed by atoms with Crippen molar-refractivity contribution in [1.29, 1.82) is 0 Å². The maximum atomic E-state index is 13.0. The normalized spacial score (nSPS) is 17.1. The monoisotopic (exact) mass is 465 g/mol. The van der Waals surface area contributed by atoms with Crippen molar-refractivity contribution in [3.63, 3.8) is 0 Å². The lowest BCUT2D eigenvalue weighted by atomic mass is 10.2. The maximum absolute atomic E-state index is 13.0. The summed E-state index contributed by atoms with van der Waals surface area (Å²) in [5.41, 5.74) is 1.87. The second-order valence-electron chi connectivity index (χ2n) is 6.17. The van der Waals surface area contributed by atoms with E-state index in [1.807, 2.05) is 66.7 Å². The van der Waals surface area contributed by atoms with Crippen molar-refractivity contribution < 1.29 is 9.21 Å². The Balaban J connectivity index is 1.62. The Bertz CT molecular complexity index is 1090. The Hall–Kier alpha value is -2.90. The minimum absolute atomic E-state index is 0.125. The van der Waals surface area contributed by atoms with E-state index in [9.17, 15) is 4.79 Å². The van der Waals surface area contributed by atoms with Gasteiger partial charge in [-0.2, -0.15) is 5.10 Å². The molecule has 1 aliphatic heterocycles. The standard InChI is InChI=1S/C22H16BrN3O2S/c23-18-9-4-8-17(12-18)13-20-21(27)26(15-19-10-5-11-28-19)22(29-20)25-24-14-16-6-2-1-3-7-16/h1-14H,15H2/b20-13-,24-14+,25-22-. The van der Waals surface area contributed by atoms with Crippen LogP contribution in [-0.4, -0.2) is 22.2 Å². The Kier molecular flexibility index (Phi) is 6.07. The molecule has 2 heterocycles. The van der Waals surface area contributed by atoms with Crippen LogP contribution in [0.15, 0.2) is 97.0 Å². The summed E-state index contributed by atoms with van der Waals surface area (Å²) in [6.07, 6.45) is 5.11. The molecule has 0 spiro atoms. The summed E-state index contributed by atoms with van der Waals surface area (Å²) in [5.74, 6) is 0.558. The molecular weight excluding hydrogens is 450 g/mol. The second kappa shape index (κ2) is 9.07. The zero-order chi connectivity index (χ0) is 20.1. The number of amides is 1. The van der Waals surface area contributed by atoms with Crippen LogP contribution in [0.3, 0.4) is 0 Å². The highest BCUT2D eigenvalue weighted by atomic mass is 79.9. The largest absolute Gasteiger partial charge is 0.467 e. The first-order valence-electron chi connectivity index (χ1n) is 8.84. The SMILES string of the molecule is O=C1/C(=C/c2cccc(Br)c2)S/C(=N\N=C\c2ccccc2)N1Cc1ccco1. The molecule has 1 saturated heterocycles. The molecule has 0 N–H and O–H groups in total. The molecule has 1 amide bonds. The number of nitrogens with zero attached hydrogens (tertiary/aromatic N) is 3. The molecule has 5 nitrogen and oxygen atoms in total. The average Bonchev–Trinajstić information content (AvgIpc) is 3.33. The summed E-state index contributed by atoms with van der Waals surface area (Å²) in [5, 5.41) is 8.99. The van der Waals surface area contributed by atoms with Gasteiger partial charge in [0.25, 0.3) is 5.91 Å². The first-order valence-corrected chi connectivity index (χ1v) is 10.5. The maximum Gasteiger partial charge on any atom is 0.267 e. The lowest BCUT2D eigenvalue weighted by molar-refractivity contribution is -0.122. The molecule has 144 valence electrons. The summed E-state index contributed by atoms with van der Waals surface area (Å²) in [4.78, 5) is 15.2. The van der Waals surface area contributed by atoms with Gasteiger partial charge in [-0.25, -0.2) is 0 Å². The van der Waals surface area contributed by atoms with Gasteiger partial charge in [-0.15, -0.1) is 5.10 Å². The Morgan fingerprint density at radius 1 is 1.03 bits per heavy atom. The number of furan rings is 1. The molecule has 1 fully saturated rings. The van der Waals surface area contributed by atoms with Crippen molar-refractivity contribution in [1.82, 2.24) is 4.90 Å². The number of thioether (sulfide) groups is 1. The van der Waals surface area contributed by atoms with E-state index in [-0.39, 0.29) is 5.91 Å². The molecule has 2 aromatic carbocycles. The number of hydrogen-bond acceptors (Lipinski definition) is 5. The highest BCUT2D eigenvalue weighted by Crippen LogP contribution is 2.34. The van der Waals surface area contributed by atoms with Gasteiger partial charge < -0.3 is 4.42 Å². The van der Waals surface area contributed by atoms with E-state index in [2.05, 4.69) is 26.1 Å². The van der Waals surface area contributed by atoms with E-state index >= 15 is 0 Å². The number of halogens is 1. The number of carbonyl (C=O) groups excluding carboxylic acids is 1. The van der Waals surface area contributed by atoms with Crippen LogP contribution in [-0.2, 0) is 11.3 Å². The van der Waals surface area contributed by atoms with E-state index in [0.29, 0.717) is 22.4 Å². The minimum Gasteiger partial charge on any atom is -0.467 e. The second-order valence-corrected chi connectivity index (χ2v) is 8.10. The van der Waals surface area contributed by atoms with Gasteiger partial charge in [-0.1, -0.05) is 58.4 Å². The molecule has 29 heavy (non-hydrogen) atoms. The number of carbonyl (C=O) groups is 1. The van der Waals surface area contributed by atoms with E-state index < -0.39 is 0 Å². The van der Waals surface area contributed by atoms with Crippen LogP contribution >= 0.6 is 27.7 Å². The predicted molar refractivity (Wildman–Crippen MR) is 120 cm³/mol. The zero-order valence-electron chi connectivity index (χ0n) is 15.2. The van der Waals surface area contributed by atoms with Crippen molar-refractivity contribution in [2.75, 3.05) is 0 Å². The smallest absolute Gasteiger partial charge is 0.267 e. The highest BCUT2D eigenvalue weighted by molar-refractivity contribution is 9.10. The third-order valence-corrected chi connectivity index (χ3v) is 5.57. The van der Waals surface area contributed by atoms with Crippen LogP contribution in [0.1, 0.15) is 16.9 Å². The van der Waals surface area contributed by atoms with Crippen molar-refractivity contribution >= 4 is 51.1 Å². The van der Waals surface area contributed by atoms with Gasteiger partial charge >= 0.3 is 0 Å². The lowest BCUT2D eigenvalue weighted by Crippen LogP contribution is -2.28. The van der Waals surface area contributed by atoms with Gasteiger partial charge in [-0.3, -0.25) is 9.69 Å². The molecule has 1 aromatic heterocycles. The van der Waals surface area contributed by atoms with Crippen molar-refractivity contribution in [2.24, 2.45) is 10.2 Å². The number of amidine groups is 1. The van der Waals surface area contributed by atoms with Gasteiger partial charge in [0.15, 0.2) is 5.17 Å². The molecular formula is C22H16BrN3O2S. The van der Waals surface area contributed by atoms with Crippen molar-refractivity contribution in [2.45, 2.75) is 6.54 Å². The summed E-state index contributed by atoms with van der Waals surface area (Å²) < 4.78 is 6.37. The van der Waals surface area contributed by atoms with Crippen LogP contribution in [0.25, 0.3) is 6.08 Å². The van der Waals surface area contributed by atoms with Crippen LogP contribution in [0.4, 0.5) is 0 Å². The fourth-order valence-electron chi connectivity index (χ4n) is 2.71. The van der Waals surface area contributed by atoms with E-state index in [1.165, 1.54) is 11.8 Å². The molecule has 7 heteroatoms. The zero-order valence-corrected chi connectivity index (χ0v) is 17.6. The molecule has 0 atom stereocenters. The first kappa shape index (κ1) is 19.4. The minimum atomic E-state index is -0.125. The van der Waals surface area contributed by atoms with E-state index in [0.717, 1.165) is 15.6 Å².